The summed E-state index contributed by atoms with van der Waals surface area (Å²) < 4.78 is 3.23. The molecule has 0 atom stereocenters. The Bertz CT molecular complexity index is 580. The number of aryl methyl sites for hydroxylation is 1. The van der Waals surface area contributed by atoms with E-state index in [0.29, 0.717) is 0 Å². The van der Waals surface area contributed by atoms with Crippen molar-refractivity contribution in [2.75, 3.05) is 21.1 Å². The van der Waals surface area contributed by atoms with Crippen LogP contribution in [0.2, 0.25) is 5.02 Å². The molecule has 0 radical (unpaired) electrons. The maximum atomic E-state index is 5.96. The summed E-state index contributed by atoms with van der Waals surface area (Å²) >= 11 is 5.96. The molecule has 0 saturated heterocycles. The second-order valence-electron chi connectivity index (χ2n) is 6.16. The van der Waals surface area contributed by atoms with Crippen LogP contribution in [-0.4, -0.2) is 30.2 Å². The molecule has 0 spiro atoms. The second-order valence-corrected chi connectivity index (χ2v) is 6.59. The zero-order valence-electron chi connectivity index (χ0n) is 12.7. The van der Waals surface area contributed by atoms with Crippen LogP contribution in [0.4, 0.5) is 0 Å². The van der Waals surface area contributed by atoms with E-state index in [9.17, 15) is 0 Å². The van der Waals surface area contributed by atoms with Crippen LogP contribution in [0.5, 0.6) is 0 Å². The fourth-order valence-electron chi connectivity index (χ4n) is 2.49. The van der Waals surface area contributed by atoms with Gasteiger partial charge in [-0.1, -0.05) is 11.6 Å². The van der Waals surface area contributed by atoms with E-state index in [1.54, 1.807) is 0 Å². The molecule has 1 aromatic carbocycles. The summed E-state index contributed by atoms with van der Waals surface area (Å²) in [7, 11) is 6.65. The van der Waals surface area contributed by atoms with Gasteiger partial charge in [0.15, 0.2) is 0 Å². The third-order valence-electron chi connectivity index (χ3n) is 3.27. The average Bonchev–Trinajstić information content (AvgIpc) is 2.54. The van der Waals surface area contributed by atoms with Crippen molar-refractivity contribution in [3.63, 3.8) is 0 Å². The molecular formula is C16H22ClIN2. The molecule has 110 valence electrons. The summed E-state index contributed by atoms with van der Waals surface area (Å²) in [6.07, 6.45) is 0. The van der Waals surface area contributed by atoms with E-state index in [1.807, 2.05) is 12.1 Å². The molecule has 0 aliphatic heterocycles. The van der Waals surface area contributed by atoms with Crippen LogP contribution in [-0.2, 0) is 6.54 Å². The highest BCUT2D eigenvalue weighted by Gasteiger charge is 2.16. The SMILES string of the molecule is Cc1cc(C[N+](C)(C)C)c(C)n1-c1ccc(Cl)cc1.[I-]. The maximum Gasteiger partial charge on any atom is 0.106 e. The van der Waals surface area contributed by atoms with Crippen molar-refractivity contribution in [2.45, 2.75) is 20.4 Å². The summed E-state index contributed by atoms with van der Waals surface area (Å²) in [5, 5.41) is 0.776. The topological polar surface area (TPSA) is 4.93 Å². The minimum atomic E-state index is 0. The van der Waals surface area contributed by atoms with Gasteiger partial charge in [-0.25, -0.2) is 0 Å². The van der Waals surface area contributed by atoms with Gasteiger partial charge < -0.3 is 33.0 Å². The molecule has 2 nitrogen and oxygen atoms in total. The van der Waals surface area contributed by atoms with E-state index in [-0.39, 0.29) is 24.0 Å². The van der Waals surface area contributed by atoms with Gasteiger partial charge in [-0.05, 0) is 44.2 Å². The van der Waals surface area contributed by atoms with Crippen molar-refractivity contribution in [2.24, 2.45) is 0 Å². The van der Waals surface area contributed by atoms with E-state index in [1.165, 1.54) is 22.6 Å². The Morgan fingerprint density at radius 2 is 1.60 bits per heavy atom. The number of hydrogen-bond donors (Lipinski definition) is 0. The summed E-state index contributed by atoms with van der Waals surface area (Å²) in [5.74, 6) is 0. The molecule has 2 aromatic rings. The van der Waals surface area contributed by atoms with Crippen molar-refractivity contribution in [1.82, 2.24) is 4.57 Å². The Morgan fingerprint density at radius 1 is 1.05 bits per heavy atom. The lowest BCUT2D eigenvalue weighted by atomic mass is 10.2. The molecule has 0 aliphatic carbocycles. The van der Waals surface area contributed by atoms with Crippen molar-refractivity contribution in [1.29, 1.82) is 0 Å². The largest absolute Gasteiger partial charge is 1.00 e. The molecule has 0 saturated carbocycles. The van der Waals surface area contributed by atoms with Gasteiger partial charge in [0.2, 0.25) is 0 Å². The standard InChI is InChI=1S/C16H22ClN2.HI/c1-12-10-14(11-19(3,4)5)13(2)18(12)16-8-6-15(17)7-9-16;/h6-10H,11H2,1-5H3;1H/q+1;/p-1. The van der Waals surface area contributed by atoms with E-state index in [2.05, 4.69) is 57.8 Å². The smallest absolute Gasteiger partial charge is 0.106 e. The minimum Gasteiger partial charge on any atom is -1.00 e. The normalized spacial score (nSPS) is 11.3. The van der Waals surface area contributed by atoms with E-state index in [0.717, 1.165) is 16.1 Å². The molecule has 4 heteroatoms. The predicted octanol–water partition coefficient (Wildman–Crippen LogP) is 0.958. The summed E-state index contributed by atoms with van der Waals surface area (Å²) in [5.41, 5.74) is 5.16. The van der Waals surface area contributed by atoms with Gasteiger partial charge in [0.1, 0.15) is 6.54 Å². The fraction of sp³-hybridized carbons (Fsp3) is 0.375. The van der Waals surface area contributed by atoms with Crippen LogP contribution >= 0.6 is 11.6 Å². The summed E-state index contributed by atoms with van der Waals surface area (Å²) in [6.45, 7) is 5.38. The van der Waals surface area contributed by atoms with Crippen LogP contribution < -0.4 is 24.0 Å². The zero-order valence-corrected chi connectivity index (χ0v) is 15.7. The number of hydrogen-bond acceptors (Lipinski definition) is 0. The Kier molecular flexibility index (Phi) is 5.70. The summed E-state index contributed by atoms with van der Waals surface area (Å²) in [6, 6.07) is 10.3. The third kappa shape index (κ3) is 3.99. The van der Waals surface area contributed by atoms with Gasteiger partial charge in [0.25, 0.3) is 0 Å². The van der Waals surface area contributed by atoms with Gasteiger partial charge in [-0.15, -0.1) is 0 Å². The molecule has 0 N–H and O–H groups in total. The molecule has 0 bridgehead atoms. The first-order chi connectivity index (χ1) is 8.78. The van der Waals surface area contributed by atoms with Crippen LogP contribution in [0, 0.1) is 13.8 Å². The first-order valence-electron chi connectivity index (χ1n) is 6.52. The number of rotatable bonds is 3. The zero-order chi connectivity index (χ0) is 14.2. The predicted molar refractivity (Wildman–Crippen MR) is 82.0 cm³/mol. The Morgan fingerprint density at radius 3 is 2.10 bits per heavy atom. The minimum absolute atomic E-state index is 0. The van der Waals surface area contributed by atoms with E-state index in [4.69, 9.17) is 11.6 Å². The van der Waals surface area contributed by atoms with Gasteiger partial charge in [-0.3, -0.25) is 0 Å². The highest BCUT2D eigenvalue weighted by molar-refractivity contribution is 6.30. The van der Waals surface area contributed by atoms with Crippen molar-refractivity contribution >= 4 is 11.6 Å². The fourth-order valence-corrected chi connectivity index (χ4v) is 2.61. The Balaban J connectivity index is 0.00000200. The molecule has 2 rings (SSSR count). The Labute approximate surface area is 144 Å². The second kappa shape index (κ2) is 6.50. The average molecular weight is 405 g/mol. The molecule has 20 heavy (non-hydrogen) atoms. The molecule has 1 aromatic heterocycles. The first kappa shape index (κ1) is 17.5. The molecule has 0 unspecified atom stereocenters. The van der Waals surface area contributed by atoms with Gasteiger partial charge in [0, 0.05) is 27.7 Å². The molecule has 1 heterocycles. The van der Waals surface area contributed by atoms with E-state index >= 15 is 0 Å². The monoisotopic (exact) mass is 404 g/mol. The molecule has 0 fully saturated rings. The van der Waals surface area contributed by atoms with Gasteiger partial charge in [-0.2, -0.15) is 0 Å². The third-order valence-corrected chi connectivity index (χ3v) is 3.52. The van der Waals surface area contributed by atoms with E-state index < -0.39 is 0 Å². The van der Waals surface area contributed by atoms with Crippen molar-refractivity contribution < 1.29 is 28.5 Å². The number of nitrogens with zero attached hydrogens (tertiary/aromatic N) is 2. The number of halogens is 2. The first-order valence-corrected chi connectivity index (χ1v) is 6.90. The molecule has 0 aliphatic rings. The van der Waals surface area contributed by atoms with Crippen LogP contribution in [0.1, 0.15) is 17.0 Å². The quantitative estimate of drug-likeness (QED) is 0.530. The number of benzene rings is 1. The highest BCUT2D eigenvalue weighted by atomic mass is 127. The summed E-state index contributed by atoms with van der Waals surface area (Å²) in [4.78, 5) is 0. The van der Waals surface area contributed by atoms with Gasteiger partial charge in [0.05, 0.1) is 21.1 Å². The lowest BCUT2D eigenvalue weighted by Gasteiger charge is -2.23. The maximum absolute atomic E-state index is 5.96. The van der Waals surface area contributed by atoms with Crippen LogP contribution in [0.25, 0.3) is 5.69 Å². The molecular weight excluding hydrogens is 383 g/mol. The van der Waals surface area contributed by atoms with Crippen LogP contribution in [0.3, 0.4) is 0 Å². The van der Waals surface area contributed by atoms with Crippen molar-refractivity contribution in [3.05, 3.63) is 52.3 Å². The Hall–Kier alpha value is -0.520. The van der Waals surface area contributed by atoms with Crippen molar-refractivity contribution in [3.8, 4) is 5.69 Å². The lowest BCUT2D eigenvalue weighted by molar-refractivity contribution is -0.884. The van der Waals surface area contributed by atoms with Gasteiger partial charge >= 0.3 is 0 Å². The lowest BCUT2D eigenvalue weighted by Crippen LogP contribution is -3.00. The van der Waals surface area contributed by atoms with Crippen LogP contribution in [0.15, 0.2) is 30.3 Å². The number of quaternary nitrogens is 1. The highest BCUT2D eigenvalue weighted by Crippen LogP contribution is 2.23. The molecule has 0 amide bonds. The number of aromatic nitrogens is 1.